The van der Waals surface area contributed by atoms with Crippen LogP contribution in [0.15, 0.2) is 18.2 Å². The van der Waals surface area contributed by atoms with Crippen molar-refractivity contribution in [1.29, 1.82) is 0 Å². The molecule has 0 radical (unpaired) electrons. The highest BCUT2D eigenvalue weighted by molar-refractivity contribution is 5.96. The molecule has 4 nitrogen and oxygen atoms in total. The summed E-state index contributed by atoms with van der Waals surface area (Å²) in [5.74, 6) is -0.120. The molecule has 0 bridgehead atoms. The summed E-state index contributed by atoms with van der Waals surface area (Å²) in [5, 5.41) is 9.22. The number of carbonyl (C=O) groups excluding carboxylic acids is 1. The lowest BCUT2D eigenvalue weighted by Gasteiger charge is -2.20. The van der Waals surface area contributed by atoms with Crippen LogP contribution in [0.4, 0.5) is 5.69 Å². The van der Waals surface area contributed by atoms with Crippen molar-refractivity contribution in [2.24, 2.45) is 0 Å². The third kappa shape index (κ3) is 2.97. The molecule has 0 aliphatic carbocycles. The number of benzene rings is 1. The van der Waals surface area contributed by atoms with Crippen molar-refractivity contribution in [2.45, 2.75) is 20.0 Å². The molecule has 16 heavy (non-hydrogen) atoms. The average molecular weight is 222 g/mol. The van der Waals surface area contributed by atoms with E-state index in [1.54, 1.807) is 26.1 Å². The Kier molecular flexibility index (Phi) is 3.90. The number of nitrogens with two attached hydrogens (primary N) is 1. The number of rotatable bonds is 3. The van der Waals surface area contributed by atoms with Crippen LogP contribution in [0.1, 0.15) is 22.8 Å². The van der Waals surface area contributed by atoms with Crippen LogP contribution in [0, 0.1) is 6.92 Å². The monoisotopic (exact) mass is 222 g/mol. The van der Waals surface area contributed by atoms with Crippen molar-refractivity contribution in [3.8, 4) is 0 Å². The summed E-state index contributed by atoms with van der Waals surface area (Å²) < 4.78 is 0. The Morgan fingerprint density at radius 1 is 1.56 bits per heavy atom. The van der Waals surface area contributed by atoms with E-state index in [4.69, 9.17) is 5.73 Å². The first-order valence-corrected chi connectivity index (χ1v) is 5.21. The van der Waals surface area contributed by atoms with Gasteiger partial charge in [-0.05, 0) is 31.5 Å². The molecular formula is C12H18N2O2. The molecule has 88 valence electrons. The van der Waals surface area contributed by atoms with Crippen LogP contribution in [0.2, 0.25) is 0 Å². The summed E-state index contributed by atoms with van der Waals surface area (Å²) in [6, 6.07) is 5.25. The van der Waals surface area contributed by atoms with E-state index in [0.717, 1.165) is 5.56 Å². The van der Waals surface area contributed by atoms with Gasteiger partial charge in [-0.15, -0.1) is 0 Å². The molecule has 0 saturated carbocycles. The third-order valence-corrected chi connectivity index (χ3v) is 2.38. The van der Waals surface area contributed by atoms with Gasteiger partial charge in [-0.25, -0.2) is 0 Å². The number of hydrogen-bond acceptors (Lipinski definition) is 3. The predicted octanol–water partition coefficient (Wildman–Crippen LogP) is 1.03. The Balaban J connectivity index is 2.91. The van der Waals surface area contributed by atoms with Crippen LogP contribution in [0.25, 0.3) is 0 Å². The summed E-state index contributed by atoms with van der Waals surface area (Å²) in [5.41, 5.74) is 7.69. The molecule has 1 amide bonds. The van der Waals surface area contributed by atoms with Gasteiger partial charge in [-0.3, -0.25) is 4.79 Å². The standard InChI is InChI=1S/C12H18N2O2/c1-8-4-5-10(13)6-11(8)12(16)14(3)7-9(2)15/h4-6,9,15H,7,13H2,1-3H3. The van der Waals surface area contributed by atoms with E-state index in [1.165, 1.54) is 4.90 Å². The third-order valence-electron chi connectivity index (χ3n) is 2.38. The summed E-state index contributed by atoms with van der Waals surface area (Å²) in [4.78, 5) is 13.5. The number of nitrogens with zero attached hydrogens (tertiary/aromatic N) is 1. The smallest absolute Gasteiger partial charge is 0.254 e. The van der Waals surface area contributed by atoms with Crippen LogP contribution < -0.4 is 5.73 Å². The maximum atomic E-state index is 12.0. The van der Waals surface area contributed by atoms with Crippen LogP contribution in [-0.4, -0.2) is 35.6 Å². The number of amides is 1. The van der Waals surface area contributed by atoms with Gasteiger partial charge < -0.3 is 15.7 Å². The van der Waals surface area contributed by atoms with Crippen LogP contribution in [-0.2, 0) is 0 Å². The molecule has 0 fully saturated rings. The van der Waals surface area contributed by atoms with E-state index in [2.05, 4.69) is 0 Å². The first-order valence-electron chi connectivity index (χ1n) is 5.21. The molecule has 1 rings (SSSR count). The number of aryl methyl sites for hydroxylation is 1. The van der Waals surface area contributed by atoms with Gasteiger partial charge in [0.05, 0.1) is 6.10 Å². The lowest BCUT2D eigenvalue weighted by molar-refractivity contribution is 0.0703. The molecule has 4 heteroatoms. The Morgan fingerprint density at radius 3 is 2.75 bits per heavy atom. The van der Waals surface area contributed by atoms with Gasteiger partial charge in [0.1, 0.15) is 0 Å². The van der Waals surface area contributed by atoms with Gasteiger partial charge in [0.25, 0.3) is 5.91 Å². The van der Waals surface area contributed by atoms with Crippen LogP contribution in [0.3, 0.4) is 0 Å². The van der Waals surface area contributed by atoms with Gasteiger partial charge in [-0.2, -0.15) is 0 Å². The number of aliphatic hydroxyl groups is 1. The lowest BCUT2D eigenvalue weighted by atomic mass is 10.1. The fraction of sp³-hybridized carbons (Fsp3) is 0.417. The maximum absolute atomic E-state index is 12.0. The van der Waals surface area contributed by atoms with E-state index >= 15 is 0 Å². The van der Waals surface area contributed by atoms with Crippen LogP contribution in [0.5, 0.6) is 0 Å². The van der Waals surface area contributed by atoms with E-state index in [9.17, 15) is 9.90 Å². The predicted molar refractivity (Wildman–Crippen MR) is 64.2 cm³/mol. The van der Waals surface area contributed by atoms with Gasteiger partial charge in [-0.1, -0.05) is 6.07 Å². The highest BCUT2D eigenvalue weighted by Gasteiger charge is 2.15. The Hall–Kier alpha value is -1.55. The maximum Gasteiger partial charge on any atom is 0.254 e. The summed E-state index contributed by atoms with van der Waals surface area (Å²) in [6.45, 7) is 3.83. The molecule has 1 unspecified atom stereocenters. The molecule has 1 atom stereocenters. The normalized spacial score (nSPS) is 12.2. The van der Waals surface area contributed by atoms with E-state index in [1.807, 2.05) is 13.0 Å². The molecule has 1 aromatic carbocycles. The van der Waals surface area contributed by atoms with Crippen molar-refractivity contribution in [3.63, 3.8) is 0 Å². The van der Waals surface area contributed by atoms with Crippen molar-refractivity contribution in [2.75, 3.05) is 19.3 Å². The Bertz CT molecular complexity index is 389. The lowest BCUT2D eigenvalue weighted by Crippen LogP contribution is -2.33. The molecule has 0 spiro atoms. The highest BCUT2D eigenvalue weighted by Crippen LogP contribution is 2.14. The number of aliphatic hydroxyl groups excluding tert-OH is 1. The van der Waals surface area contributed by atoms with Gasteiger partial charge in [0, 0.05) is 24.8 Å². The Labute approximate surface area is 95.7 Å². The zero-order valence-corrected chi connectivity index (χ0v) is 9.90. The molecule has 0 saturated heterocycles. The SMILES string of the molecule is Cc1ccc(N)cc1C(=O)N(C)CC(C)O. The zero-order valence-electron chi connectivity index (χ0n) is 9.90. The molecule has 1 aromatic rings. The second-order valence-corrected chi connectivity index (χ2v) is 4.11. The van der Waals surface area contributed by atoms with Gasteiger partial charge in [0.2, 0.25) is 0 Å². The molecule has 0 heterocycles. The largest absolute Gasteiger partial charge is 0.399 e. The summed E-state index contributed by atoms with van der Waals surface area (Å²) in [7, 11) is 1.66. The minimum Gasteiger partial charge on any atom is -0.399 e. The molecular weight excluding hydrogens is 204 g/mol. The number of carbonyl (C=O) groups is 1. The van der Waals surface area contributed by atoms with Crippen molar-refractivity contribution >= 4 is 11.6 Å². The fourth-order valence-electron chi connectivity index (χ4n) is 1.55. The minimum atomic E-state index is -0.532. The second-order valence-electron chi connectivity index (χ2n) is 4.11. The van der Waals surface area contributed by atoms with E-state index in [-0.39, 0.29) is 5.91 Å². The van der Waals surface area contributed by atoms with E-state index in [0.29, 0.717) is 17.8 Å². The first-order chi connectivity index (χ1) is 7.41. The average Bonchev–Trinajstić information content (AvgIpc) is 2.19. The highest BCUT2D eigenvalue weighted by atomic mass is 16.3. The Morgan fingerprint density at radius 2 is 2.19 bits per heavy atom. The summed E-state index contributed by atoms with van der Waals surface area (Å²) in [6.07, 6.45) is -0.532. The van der Waals surface area contributed by atoms with E-state index < -0.39 is 6.10 Å². The van der Waals surface area contributed by atoms with Crippen molar-refractivity contribution in [3.05, 3.63) is 29.3 Å². The van der Waals surface area contributed by atoms with Crippen molar-refractivity contribution < 1.29 is 9.90 Å². The van der Waals surface area contributed by atoms with Crippen LogP contribution >= 0.6 is 0 Å². The molecule has 0 aromatic heterocycles. The van der Waals surface area contributed by atoms with Crippen molar-refractivity contribution in [1.82, 2.24) is 4.90 Å². The van der Waals surface area contributed by atoms with Gasteiger partial charge >= 0.3 is 0 Å². The number of nitrogen functional groups attached to an aromatic ring is 1. The van der Waals surface area contributed by atoms with Gasteiger partial charge in [0.15, 0.2) is 0 Å². The topological polar surface area (TPSA) is 66.6 Å². The number of likely N-dealkylation sites (N-methyl/N-ethyl adjacent to an activating group) is 1. The quantitative estimate of drug-likeness (QED) is 0.751. The molecule has 3 N–H and O–H groups in total. The summed E-state index contributed by atoms with van der Waals surface area (Å²) >= 11 is 0. The second kappa shape index (κ2) is 4.99. The minimum absolute atomic E-state index is 0.120. The number of hydrogen-bond donors (Lipinski definition) is 2. The number of anilines is 1. The molecule has 0 aliphatic rings. The first kappa shape index (κ1) is 12.5. The zero-order chi connectivity index (χ0) is 12.3. The molecule has 0 aliphatic heterocycles. The fourth-order valence-corrected chi connectivity index (χ4v) is 1.55.